The molecule has 3 aromatic carbocycles. The van der Waals surface area contributed by atoms with E-state index >= 15 is 0 Å². The smallest absolute Gasteiger partial charge is 0.873 e. The maximum absolute atomic E-state index is 10.9. The Morgan fingerprint density at radius 2 is 1.31 bits per heavy atom. The first-order valence-electron chi connectivity index (χ1n) is 10.5. The molecule has 0 aliphatic rings. The predicted molar refractivity (Wildman–Crippen MR) is 124 cm³/mol. The van der Waals surface area contributed by atoms with Crippen molar-refractivity contribution in [2.75, 3.05) is 0 Å². The first-order valence-corrected chi connectivity index (χ1v) is 10.5. The molecule has 0 unspecified atom stereocenters. The zero-order valence-corrected chi connectivity index (χ0v) is 19.4. The van der Waals surface area contributed by atoms with Crippen LogP contribution in [0.5, 0.6) is 11.5 Å². The molecule has 0 saturated heterocycles. The third-order valence-electron chi connectivity index (χ3n) is 5.09. The van der Waals surface area contributed by atoms with Crippen LogP contribution in [0, 0.1) is 0 Å². The van der Waals surface area contributed by atoms with Gasteiger partial charge in [-0.3, -0.25) is 9.98 Å². The van der Waals surface area contributed by atoms with Gasteiger partial charge in [-0.1, -0.05) is 74.5 Å². The maximum atomic E-state index is 10.9. The summed E-state index contributed by atoms with van der Waals surface area (Å²) >= 11 is 0. The largest absolute Gasteiger partial charge is 2.00 e. The number of aromatic nitrogens is 1. The molecular weight excluding hydrogens is 443 g/mol. The molecular formula is C27H26N2NiO2. The summed E-state index contributed by atoms with van der Waals surface area (Å²) in [5.74, 6) is -0.873. The Labute approximate surface area is 199 Å². The number of fused-ring (bicyclic) bond motifs is 1. The third-order valence-corrected chi connectivity index (χ3v) is 5.09. The fourth-order valence-electron chi connectivity index (χ4n) is 3.36. The van der Waals surface area contributed by atoms with Crippen molar-refractivity contribution in [3.8, 4) is 11.5 Å². The van der Waals surface area contributed by atoms with Gasteiger partial charge >= 0.3 is 16.5 Å². The van der Waals surface area contributed by atoms with Gasteiger partial charge in [-0.2, -0.15) is 0 Å². The van der Waals surface area contributed by atoms with Crippen LogP contribution in [0.1, 0.15) is 37.6 Å². The average Bonchev–Trinajstić information content (AvgIpc) is 2.81. The number of rotatable bonds is 4. The maximum Gasteiger partial charge on any atom is 2.00 e. The summed E-state index contributed by atoms with van der Waals surface area (Å²) in [5.41, 5.74) is 5.63. The summed E-state index contributed by atoms with van der Waals surface area (Å²) < 4.78 is 0. The zero-order valence-electron chi connectivity index (χ0n) is 18.4. The number of benzene rings is 3. The van der Waals surface area contributed by atoms with E-state index in [1.807, 2.05) is 49.4 Å². The Kier molecular flexibility index (Phi) is 9.43. The minimum absolute atomic E-state index is 0. The van der Waals surface area contributed by atoms with Gasteiger partial charge in [-0.25, -0.2) is 0 Å². The number of aliphatic imine (C=N–C) groups is 1. The molecule has 4 aromatic rings. The van der Waals surface area contributed by atoms with E-state index < -0.39 is 11.5 Å². The van der Waals surface area contributed by atoms with Gasteiger partial charge in [0.15, 0.2) is 0 Å². The van der Waals surface area contributed by atoms with Gasteiger partial charge in [0, 0.05) is 6.20 Å². The predicted octanol–water partition coefficient (Wildman–Crippen LogP) is 5.33. The molecule has 5 heteroatoms. The van der Waals surface area contributed by atoms with Gasteiger partial charge in [0.1, 0.15) is 0 Å². The van der Waals surface area contributed by atoms with Crippen LogP contribution >= 0.6 is 0 Å². The van der Waals surface area contributed by atoms with Crippen LogP contribution in [0.15, 0.2) is 84.0 Å². The molecule has 0 N–H and O–H groups in total. The summed E-state index contributed by atoms with van der Waals surface area (Å²) in [7, 11) is 0. The second kappa shape index (κ2) is 12.0. The molecule has 0 bridgehead atoms. The van der Waals surface area contributed by atoms with Crippen molar-refractivity contribution in [2.45, 2.75) is 33.6 Å². The van der Waals surface area contributed by atoms with E-state index in [4.69, 9.17) is 4.99 Å². The second-order valence-corrected chi connectivity index (χ2v) is 7.19. The van der Waals surface area contributed by atoms with E-state index in [0.717, 1.165) is 40.7 Å². The van der Waals surface area contributed by atoms with Crippen molar-refractivity contribution in [3.05, 3.63) is 95.8 Å². The molecule has 0 spiro atoms. The molecule has 1 heterocycles. The Bertz CT molecular complexity index is 1130. The molecule has 4 nitrogen and oxygen atoms in total. The number of hydrogen-bond acceptors (Lipinski definition) is 4. The van der Waals surface area contributed by atoms with Gasteiger partial charge < -0.3 is 10.2 Å². The topological polar surface area (TPSA) is 71.4 Å². The van der Waals surface area contributed by atoms with E-state index in [0.29, 0.717) is 0 Å². The van der Waals surface area contributed by atoms with Crippen molar-refractivity contribution in [1.29, 1.82) is 0 Å². The van der Waals surface area contributed by atoms with E-state index in [1.54, 1.807) is 6.20 Å². The molecule has 0 aliphatic heterocycles. The average molecular weight is 469 g/mol. The first-order chi connectivity index (χ1) is 15.0. The minimum Gasteiger partial charge on any atom is -0.873 e. The number of nitrogens with zero attached hydrogens (tertiary/aromatic N) is 2. The van der Waals surface area contributed by atoms with Crippen molar-refractivity contribution in [1.82, 2.24) is 4.98 Å². The van der Waals surface area contributed by atoms with Gasteiger partial charge in [-0.15, -0.1) is 11.5 Å². The summed E-state index contributed by atoms with van der Waals surface area (Å²) in [6, 6.07) is 22.4. The third kappa shape index (κ3) is 6.18. The fourth-order valence-corrected chi connectivity index (χ4v) is 3.36. The Morgan fingerprint density at radius 3 is 1.78 bits per heavy atom. The van der Waals surface area contributed by atoms with Gasteiger partial charge in [0.25, 0.3) is 0 Å². The molecule has 32 heavy (non-hydrogen) atoms. The van der Waals surface area contributed by atoms with Crippen molar-refractivity contribution < 1.29 is 26.7 Å². The Morgan fingerprint density at radius 1 is 0.781 bits per heavy atom. The molecule has 0 aliphatic carbocycles. The summed E-state index contributed by atoms with van der Waals surface area (Å²) in [6.45, 7) is 6.36. The second-order valence-electron chi connectivity index (χ2n) is 7.19. The summed E-state index contributed by atoms with van der Waals surface area (Å²) in [6.07, 6.45) is 3.81. The molecule has 0 amide bonds. The number of para-hydroxylation sites is 1. The van der Waals surface area contributed by atoms with Gasteiger partial charge in [0.05, 0.1) is 17.1 Å². The van der Waals surface area contributed by atoms with Gasteiger partial charge in [0.2, 0.25) is 0 Å². The number of pyridine rings is 1. The van der Waals surface area contributed by atoms with E-state index in [-0.39, 0.29) is 16.5 Å². The van der Waals surface area contributed by atoms with Crippen molar-refractivity contribution >= 4 is 22.2 Å². The number of aryl methyl sites for hydroxylation is 2. The zero-order chi connectivity index (χ0) is 22.2. The van der Waals surface area contributed by atoms with E-state index in [9.17, 15) is 10.2 Å². The standard InChI is InChI=1S/C17H20N2.C10H8O2.Ni/c1-4-14-9-8-10-15(5-2)17(14)19-13(3)16-11-6-7-12-18-16;11-9-5-7-3-1-2-4-8(7)6-10(9)12;/h6-12H,4-5H2,1-3H3;1-6,11-12H;/q;;+2/p-2. The van der Waals surface area contributed by atoms with Crippen molar-refractivity contribution in [3.63, 3.8) is 0 Å². The summed E-state index contributed by atoms with van der Waals surface area (Å²) in [5, 5.41) is 23.5. The van der Waals surface area contributed by atoms with Crippen LogP contribution in [0.25, 0.3) is 10.8 Å². The van der Waals surface area contributed by atoms with Gasteiger partial charge in [-0.05, 0) is 53.8 Å². The molecule has 0 fully saturated rings. The monoisotopic (exact) mass is 468 g/mol. The molecule has 166 valence electrons. The fraction of sp³-hybridized carbons (Fsp3) is 0.185. The normalized spacial score (nSPS) is 10.8. The van der Waals surface area contributed by atoms with Crippen LogP contribution < -0.4 is 10.2 Å². The van der Waals surface area contributed by atoms with Crippen LogP contribution in [-0.4, -0.2) is 10.7 Å². The SMILES string of the molecule is CCc1cccc(CC)c1N=C(C)c1ccccn1.[Ni+2].[O-]c1cc2ccccc2cc1[O-]. The molecule has 0 radical (unpaired) electrons. The Balaban J connectivity index is 0.000000241. The van der Waals surface area contributed by atoms with Crippen LogP contribution in [0.2, 0.25) is 0 Å². The molecule has 4 rings (SSSR count). The van der Waals surface area contributed by atoms with E-state index in [2.05, 4.69) is 37.0 Å². The van der Waals surface area contributed by atoms with Crippen molar-refractivity contribution in [2.24, 2.45) is 4.99 Å². The van der Waals surface area contributed by atoms with Crippen LogP contribution in [0.3, 0.4) is 0 Å². The van der Waals surface area contributed by atoms with Crippen LogP contribution in [0.4, 0.5) is 5.69 Å². The first kappa shape index (κ1) is 25.1. The minimum atomic E-state index is -0.436. The quantitative estimate of drug-likeness (QED) is 0.300. The van der Waals surface area contributed by atoms with Crippen LogP contribution in [-0.2, 0) is 29.3 Å². The van der Waals surface area contributed by atoms with E-state index in [1.165, 1.54) is 23.3 Å². The molecule has 1 aromatic heterocycles. The Hall–Kier alpha value is -3.17. The number of hydrogen-bond donors (Lipinski definition) is 0. The summed E-state index contributed by atoms with van der Waals surface area (Å²) in [4.78, 5) is 9.18. The molecule has 0 atom stereocenters. The molecule has 0 saturated carbocycles.